The van der Waals surface area contributed by atoms with Gasteiger partial charge in [0.25, 0.3) is 0 Å². The van der Waals surface area contributed by atoms with Gasteiger partial charge < -0.3 is 5.11 Å². The molecule has 0 bridgehead atoms. The van der Waals surface area contributed by atoms with Crippen LogP contribution in [0, 0.1) is 0 Å². The molecule has 1 aliphatic heterocycles. The monoisotopic (exact) mass is 238 g/mol. The minimum atomic E-state index is -0.0753. The summed E-state index contributed by atoms with van der Waals surface area (Å²) >= 11 is 1.82. The van der Waals surface area contributed by atoms with E-state index in [1.807, 2.05) is 11.3 Å². The van der Waals surface area contributed by atoms with E-state index in [0.717, 1.165) is 38.4 Å². The van der Waals surface area contributed by atoms with Gasteiger partial charge in [-0.15, -0.1) is 11.3 Å². The summed E-state index contributed by atoms with van der Waals surface area (Å²) in [7, 11) is 0. The maximum Gasteiger partial charge on any atom is 0.0959 e. The SMILES string of the molecule is OC1CCN(Cc2csc(C3CC3)n2)CC1. The number of aliphatic hydroxyl groups is 1. The Bertz CT molecular complexity index is 354. The largest absolute Gasteiger partial charge is 0.393 e. The fourth-order valence-electron chi connectivity index (χ4n) is 2.22. The summed E-state index contributed by atoms with van der Waals surface area (Å²) in [6.07, 6.45) is 4.43. The summed E-state index contributed by atoms with van der Waals surface area (Å²) in [4.78, 5) is 7.10. The van der Waals surface area contributed by atoms with Crippen LogP contribution in [0.25, 0.3) is 0 Å². The molecule has 3 rings (SSSR count). The zero-order chi connectivity index (χ0) is 11.0. The summed E-state index contributed by atoms with van der Waals surface area (Å²) in [5.74, 6) is 0.780. The Morgan fingerprint density at radius 3 is 2.75 bits per heavy atom. The summed E-state index contributed by atoms with van der Waals surface area (Å²) < 4.78 is 0. The van der Waals surface area contributed by atoms with Gasteiger partial charge in [-0.2, -0.15) is 0 Å². The van der Waals surface area contributed by atoms with Crippen LogP contribution in [0.1, 0.15) is 42.3 Å². The summed E-state index contributed by atoms with van der Waals surface area (Å²) in [5.41, 5.74) is 1.23. The standard InChI is InChI=1S/C12H18N2OS/c15-11-3-5-14(6-4-11)7-10-8-16-12(13-10)9-1-2-9/h8-9,11,15H,1-7H2. The lowest BCUT2D eigenvalue weighted by Crippen LogP contribution is -2.35. The quantitative estimate of drug-likeness (QED) is 0.874. The van der Waals surface area contributed by atoms with E-state index in [0.29, 0.717) is 0 Å². The third kappa shape index (κ3) is 2.44. The average Bonchev–Trinajstić information content (AvgIpc) is 3.04. The number of hydrogen-bond donors (Lipinski definition) is 1. The molecule has 3 nitrogen and oxygen atoms in total. The minimum Gasteiger partial charge on any atom is -0.393 e. The lowest BCUT2D eigenvalue weighted by molar-refractivity contribution is 0.0787. The van der Waals surface area contributed by atoms with Gasteiger partial charge >= 0.3 is 0 Å². The minimum absolute atomic E-state index is 0.0753. The molecule has 1 saturated heterocycles. The Balaban J connectivity index is 1.56. The molecule has 2 fully saturated rings. The van der Waals surface area contributed by atoms with Gasteiger partial charge in [-0.05, 0) is 25.7 Å². The van der Waals surface area contributed by atoms with E-state index < -0.39 is 0 Å². The Kier molecular flexibility index (Phi) is 2.96. The van der Waals surface area contributed by atoms with Crippen molar-refractivity contribution in [2.45, 2.75) is 44.2 Å². The Morgan fingerprint density at radius 2 is 2.06 bits per heavy atom. The van der Waals surface area contributed by atoms with E-state index in [1.165, 1.54) is 23.5 Å². The molecule has 0 unspecified atom stereocenters. The predicted octanol–water partition coefficient (Wildman–Crippen LogP) is 1.98. The average molecular weight is 238 g/mol. The number of nitrogens with zero attached hydrogens (tertiary/aromatic N) is 2. The third-order valence-electron chi connectivity index (χ3n) is 3.44. The van der Waals surface area contributed by atoms with Crippen molar-refractivity contribution >= 4 is 11.3 Å². The number of piperidine rings is 1. The van der Waals surface area contributed by atoms with E-state index in [-0.39, 0.29) is 6.10 Å². The van der Waals surface area contributed by atoms with Crippen LogP contribution in [0.15, 0.2) is 5.38 Å². The molecule has 4 heteroatoms. The van der Waals surface area contributed by atoms with Gasteiger partial charge in [0, 0.05) is 30.9 Å². The van der Waals surface area contributed by atoms with Gasteiger partial charge in [-0.1, -0.05) is 0 Å². The van der Waals surface area contributed by atoms with Crippen molar-refractivity contribution in [2.24, 2.45) is 0 Å². The number of aromatic nitrogens is 1. The fraction of sp³-hybridized carbons (Fsp3) is 0.750. The Hall–Kier alpha value is -0.450. The smallest absolute Gasteiger partial charge is 0.0959 e. The molecular formula is C12H18N2OS. The molecule has 1 aromatic rings. The Morgan fingerprint density at radius 1 is 1.31 bits per heavy atom. The van der Waals surface area contributed by atoms with Gasteiger partial charge in [0.15, 0.2) is 0 Å². The van der Waals surface area contributed by atoms with Crippen LogP contribution in [0.3, 0.4) is 0 Å². The molecule has 0 amide bonds. The van der Waals surface area contributed by atoms with E-state index in [2.05, 4.69) is 10.3 Å². The highest BCUT2D eigenvalue weighted by molar-refractivity contribution is 7.09. The predicted molar refractivity (Wildman–Crippen MR) is 64.6 cm³/mol. The first-order valence-electron chi connectivity index (χ1n) is 6.16. The van der Waals surface area contributed by atoms with Crippen molar-refractivity contribution in [3.05, 3.63) is 16.1 Å². The van der Waals surface area contributed by atoms with Crippen LogP contribution in [0.2, 0.25) is 0 Å². The maximum atomic E-state index is 9.44. The molecule has 1 aromatic heterocycles. The molecular weight excluding hydrogens is 220 g/mol. The van der Waals surface area contributed by atoms with Crippen molar-refractivity contribution < 1.29 is 5.11 Å². The first-order chi connectivity index (χ1) is 7.81. The zero-order valence-corrected chi connectivity index (χ0v) is 10.2. The molecule has 16 heavy (non-hydrogen) atoms. The van der Waals surface area contributed by atoms with Crippen molar-refractivity contribution in [2.75, 3.05) is 13.1 Å². The highest BCUT2D eigenvalue weighted by Crippen LogP contribution is 2.41. The van der Waals surface area contributed by atoms with Crippen LogP contribution in [-0.4, -0.2) is 34.2 Å². The first kappa shape index (κ1) is 10.7. The van der Waals surface area contributed by atoms with Gasteiger partial charge in [0.2, 0.25) is 0 Å². The molecule has 1 N–H and O–H groups in total. The Labute approximate surface area is 100 Å². The second kappa shape index (κ2) is 4.43. The van der Waals surface area contributed by atoms with Crippen LogP contribution in [-0.2, 0) is 6.54 Å². The van der Waals surface area contributed by atoms with Gasteiger partial charge in [0.1, 0.15) is 0 Å². The molecule has 2 aliphatic rings. The van der Waals surface area contributed by atoms with E-state index in [4.69, 9.17) is 4.98 Å². The number of rotatable bonds is 3. The van der Waals surface area contributed by atoms with E-state index in [9.17, 15) is 5.11 Å². The van der Waals surface area contributed by atoms with Gasteiger partial charge in [-0.25, -0.2) is 4.98 Å². The molecule has 88 valence electrons. The molecule has 0 radical (unpaired) electrons. The lowest BCUT2D eigenvalue weighted by Gasteiger charge is -2.28. The molecule has 1 saturated carbocycles. The highest BCUT2D eigenvalue weighted by atomic mass is 32.1. The summed E-state index contributed by atoms with van der Waals surface area (Å²) in [6.45, 7) is 2.99. The molecule has 0 atom stereocenters. The summed E-state index contributed by atoms with van der Waals surface area (Å²) in [6, 6.07) is 0. The van der Waals surface area contributed by atoms with Crippen LogP contribution < -0.4 is 0 Å². The van der Waals surface area contributed by atoms with Crippen LogP contribution >= 0.6 is 11.3 Å². The van der Waals surface area contributed by atoms with Crippen molar-refractivity contribution in [1.82, 2.24) is 9.88 Å². The molecule has 2 heterocycles. The zero-order valence-electron chi connectivity index (χ0n) is 9.43. The maximum absolute atomic E-state index is 9.44. The normalized spacial score (nSPS) is 23.8. The van der Waals surface area contributed by atoms with E-state index in [1.54, 1.807) is 0 Å². The molecule has 0 aromatic carbocycles. The lowest BCUT2D eigenvalue weighted by atomic mass is 10.1. The number of thiazole rings is 1. The van der Waals surface area contributed by atoms with Gasteiger partial charge in [-0.3, -0.25) is 4.90 Å². The fourth-order valence-corrected chi connectivity index (χ4v) is 3.20. The number of hydrogen-bond acceptors (Lipinski definition) is 4. The number of aliphatic hydroxyl groups excluding tert-OH is 1. The number of likely N-dealkylation sites (tertiary alicyclic amines) is 1. The first-order valence-corrected chi connectivity index (χ1v) is 7.04. The van der Waals surface area contributed by atoms with Crippen molar-refractivity contribution in [1.29, 1.82) is 0 Å². The molecule has 0 spiro atoms. The van der Waals surface area contributed by atoms with Crippen LogP contribution in [0.5, 0.6) is 0 Å². The summed E-state index contributed by atoms with van der Waals surface area (Å²) in [5, 5.41) is 13.0. The molecule has 1 aliphatic carbocycles. The second-order valence-corrected chi connectivity index (χ2v) is 5.85. The highest BCUT2D eigenvalue weighted by Gasteiger charge is 2.27. The van der Waals surface area contributed by atoms with Gasteiger partial charge in [0.05, 0.1) is 16.8 Å². The van der Waals surface area contributed by atoms with Crippen LogP contribution in [0.4, 0.5) is 0 Å². The van der Waals surface area contributed by atoms with Crippen molar-refractivity contribution in [3.63, 3.8) is 0 Å². The topological polar surface area (TPSA) is 36.4 Å². The van der Waals surface area contributed by atoms with Crippen molar-refractivity contribution in [3.8, 4) is 0 Å². The van der Waals surface area contributed by atoms with E-state index >= 15 is 0 Å². The second-order valence-electron chi connectivity index (χ2n) is 4.96. The third-order valence-corrected chi connectivity index (χ3v) is 4.49.